The Morgan fingerprint density at radius 3 is 2.71 bits per heavy atom. The fourth-order valence-corrected chi connectivity index (χ4v) is 1.44. The van der Waals surface area contributed by atoms with Crippen molar-refractivity contribution in [1.29, 1.82) is 0 Å². The summed E-state index contributed by atoms with van der Waals surface area (Å²) in [5.41, 5.74) is 1.95. The number of aryl methyl sites for hydroxylation is 3. The monoisotopic (exact) mass is 239 g/mol. The van der Waals surface area contributed by atoms with Crippen LogP contribution < -0.4 is 5.32 Å². The smallest absolute Gasteiger partial charge is 0.325 e. The van der Waals surface area contributed by atoms with Gasteiger partial charge in [-0.3, -0.25) is 14.3 Å². The van der Waals surface area contributed by atoms with E-state index in [0.717, 1.165) is 11.4 Å². The highest BCUT2D eigenvalue weighted by Crippen LogP contribution is 2.02. The highest BCUT2D eigenvalue weighted by atomic mass is 16.5. The molecule has 1 aromatic heterocycles. The van der Waals surface area contributed by atoms with Gasteiger partial charge in [0.05, 0.1) is 12.8 Å². The molecule has 0 saturated carbocycles. The quantitative estimate of drug-likeness (QED) is 0.744. The zero-order chi connectivity index (χ0) is 12.8. The molecule has 94 valence electrons. The van der Waals surface area contributed by atoms with Crippen LogP contribution in [0.15, 0.2) is 6.07 Å². The van der Waals surface area contributed by atoms with Crippen LogP contribution in [0.1, 0.15) is 17.8 Å². The lowest BCUT2D eigenvalue weighted by Crippen LogP contribution is -2.30. The molecule has 0 aliphatic carbocycles. The molecule has 0 atom stereocenters. The highest BCUT2D eigenvalue weighted by Gasteiger charge is 2.07. The predicted molar refractivity (Wildman–Crippen MR) is 61.3 cm³/mol. The van der Waals surface area contributed by atoms with Crippen LogP contribution in [0.25, 0.3) is 0 Å². The number of hydrogen-bond acceptors (Lipinski definition) is 4. The second-order valence-electron chi connectivity index (χ2n) is 3.75. The van der Waals surface area contributed by atoms with Crippen LogP contribution in [0.3, 0.4) is 0 Å². The van der Waals surface area contributed by atoms with E-state index in [1.54, 1.807) is 4.68 Å². The van der Waals surface area contributed by atoms with Crippen LogP contribution in [0.5, 0.6) is 0 Å². The molecule has 0 aromatic carbocycles. The lowest BCUT2D eigenvalue weighted by Gasteiger charge is -2.05. The van der Waals surface area contributed by atoms with Crippen molar-refractivity contribution >= 4 is 11.9 Å². The number of esters is 1. The van der Waals surface area contributed by atoms with Gasteiger partial charge in [0.2, 0.25) is 5.91 Å². The van der Waals surface area contributed by atoms with Crippen LogP contribution in [0.4, 0.5) is 0 Å². The molecule has 6 nitrogen and oxygen atoms in total. The fraction of sp³-hybridized carbons (Fsp3) is 0.545. The number of ether oxygens (including phenoxy) is 1. The van der Waals surface area contributed by atoms with E-state index in [1.165, 1.54) is 7.11 Å². The molecule has 1 rings (SSSR count). The number of rotatable bonds is 5. The van der Waals surface area contributed by atoms with Crippen molar-refractivity contribution < 1.29 is 14.3 Å². The minimum absolute atomic E-state index is 0.0908. The maximum atomic E-state index is 11.4. The topological polar surface area (TPSA) is 73.2 Å². The third-order valence-electron chi connectivity index (χ3n) is 2.31. The summed E-state index contributed by atoms with van der Waals surface area (Å²) >= 11 is 0. The predicted octanol–water partition coefficient (Wildman–Crippen LogP) is 0.179. The summed E-state index contributed by atoms with van der Waals surface area (Å²) in [6, 6.07) is 1.95. The summed E-state index contributed by atoms with van der Waals surface area (Å²) in [5, 5.41) is 6.71. The molecule has 1 heterocycles. The maximum Gasteiger partial charge on any atom is 0.325 e. The van der Waals surface area contributed by atoms with Gasteiger partial charge in [0, 0.05) is 18.7 Å². The van der Waals surface area contributed by atoms with E-state index in [-0.39, 0.29) is 12.5 Å². The third-order valence-corrected chi connectivity index (χ3v) is 2.31. The lowest BCUT2D eigenvalue weighted by molar-refractivity contribution is -0.141. The molecule has 0 unspecified atom stereocenters. The number of hydrogen-bond donors (Lipinski definition) is 1. The molecule has 1 amide bonds. The second-order valence-corrected chi connectivity index (χ2v) is 3.75. The van der Waals surface area contributed by atoms with Gasteiger partial charge in [-0.25, -0.2) is 0 Å². The van der Waals surface area contributed by atoms with Gasteiger partial charge in [0.1, 0.15) is 6.54 Å². The number of carbonyl (C=O) groups is 2. The Kier molecular flexibility index (Phi) is 4.68. The molecule has 1 N–H and O–H groups in total. The Bertz CT molecular complexity index is 412. The van der Waals surface area contributed by atoms with Gasteiger partial charge in [0.15, 0.2) is 0 Å². The molecule has 0 saturated heterocycles. The van der Waals surface area contributed by atoms with E-state index in [0.29, 0.717) is 13.0 Å². The molecule has 17 heavy (non-hydrogen) atoms. The Balaban J connectivity index is 2.33. The van der Waals surface area contributed by atoms with Gasteiger partial charge >= 0.3 is 5.97 Å². The van der Waals surface area contributed by atoms with Crippen LogP contribution in [-0.4, -0.2) is 35.3 Å². The van der Waals surface area contributed by atoms with Gasteiger partial charge in [-0.15, -0.1) is 0 Å². The van der Waals surface area contributed by atoms with Gasteiger partial charge in [0.25, 0.3) is 0 Å². The molecular formula is C11H17N3O3. The van der Waals surface area contributed by atoms with Crippen LogP contribution >= 0.6 is 0 Å². The van der Waals surface area contributed by atoms with E-state index in [4.69, 9.17) is 0 Å². The average molecular weight is 239 g/mol. The number of aromatic nitrogens is 2. The van der Waals surface area contributed by atoms with Crippen molar-refractivity contribution in [3.05, 3.63) is 17.5 Å². The fourth-order valence-electron chi connectivity index (χ4n) is 1.44. The molecule has 0 bridgehead atoms. The Labute approximate surface area is 99.9 Å². The minimum atomic E-state index is -0.454. The van der Waals surface area contributed by atoms with E-state index < -0.39 is 5.97 Å². The van der Waals surface area contributed by atoms with Crippen molar-refractivity contribution in [3.8, 4) is 0 Å². The SMILES string of the molecule is COC(=O)CNC(=O)CCn1nc(C)cc1C. The van der Waals surface area contributed by atoms with Crippen LogP contribution in [0.2, 0.25) is 0 Å². The first-order valence-corrected chi connectivity index (χ1v) is 5.37. The summed E-state index contributed by atoms with van der Waals surface area (Å²) in [7, 11) is 1.28. The number of carbonyl (C=O) groups excluding carboxylic acids is 2. The first-order chi connectivity index (χ1) is 8.02. The minimum Gasteiger partial charge on any atom is -0.468 e. The summed E-state index contributed by atoms with van der Waals surface area (Å²) in [5.74, 6) is -0.646. The van der Waals surface area contributed by atoms with Gasteiger partial charge in [-0.1, -0.05) is 0 Å². The summed E-state index contributed by atoms with van der Waals surface area (Å²) in [6.07, 6.45) is 0.291. The van der Waals surface area contributed by atoms with E-state index in [9.17, 15) is 9.59 Å². The zero-order valence-corrected chi connectivity index (χ0v) is 10.3. The number of amides is 1. The molecule has 0 spiro atoms. The van der Waals surface area contributed by atoms with E-state index >= 15 is 0 Å². The van der Waals surface area contributed by atoms with Gasteiger partial charge in [-0.05, 0) is 19.9 Å². The zero-order valence-electron chi connectivity index (χ0n) is 10.3. The third kappa shape index (κ3) is 4.26. The Hall–Kier alpha value is -1.85. The highest BCUT2D eigenvalue weighted by molar-refractivity contribution is 5.81. The molecule has 0 radical (unpaired) electrons. The molecule has 0 aliphatic rings. The standard InChI is InChI=1S/C11H17N3O3/c1-8-6-9(2)14(13-8)5-4-10(15)12-7-11(16)17-3/h6H,4-5,7H2,1-3H3,(H,12,15). The first kappa shape index (κ1) is 13.2. The Morgan fingerprint density at radius 1 is 1.47 bits per heavy atom. The average Bonchev–Trinajstić information content (AvgIpc) is 2.62. The van der Waals surface area contributed by atoms with Crippen molar-refractivity contribution in [2.45, 2.75) is 26.8 Å². The van der Waals surface area contributed by atoms with Crippen molar-refractivity contribution in [1.82, 2.24) is 15.1 Å². The number of nitrogens with zero attached hydrogens (tertiary/aromatic N) is 2. The second kappa shape index (κ2) is 6.03. The van der Waals surface area contributed by atoms with Crippen molar-refractivity contribution in [2.24, 2.45) is 0 Å². The number of methoxy groups -OCH3 is 1. The van der Waals surface area contributed by atoms with Gasteiger partial charge in [-0.2, -0.15) is 5.10 Å². The van der Waals surface area contributed by atoms with Gasteiger partial charge < -0.3 is 10.1 Å². The number of nitrogens with one attached hydrogen (secondary N) is 1. The first-order valence-electron chi connectivity index (χ1n) is 5.37. The molecule has 1 aromatic rings. The summed E-state index contributed by atoms with van der Waals surface area (Å²) in [6.45, 7) is 4.26. The summed E-state index contributed by atoms with van der Waals surface area (Å²) in [4.78, 5) is 22.2. The van der Waals surface area contributed by atoms with Crippen LogP contribution in [-0.2, 0) is 20.9 Å². The van der Waals surface area contributed by atoms with Crippen molar-refractivity contribution in [3.63, 3.8) is 0 Å². The largest absolute Gasteiger partial charge is 0.468 e. The van der Waals surface area contributed by atoms with Crippen molar-refractivity contribution in [2.75, 3.05) is 13.7 Å². The van der Waals surface area contributed by atoms with Crippen LogP contribution in [0, 0.1) is 13.8 Å². The molecule has 0 fully saturated rings. The molecule has 6 heteroatoms. The normalized spacial score (nSPS) is 10.1. The molecule has 0 aliphatic heterocycles. The molecular weight excluding hydrogens is 222 g/mol. The Morgan fingerprint density at radius 2 is 2.18 bits per heavy atom. The lowest BCUT2D eigenvalue weighted by atomic mass is 10.3. The summed E-state index contributed by atoms with van der Waals surface area (Å²) < 4.78 is 6.19. The maximum absolute atomic E-state index is 11.4. The van der Waals surface area contributed by atoms with E-state index in [1.807, 2.05) is 19.9 Å². The van der Waals surface area contributed by atoms with E-state index in [2.05, 4.69) is 15.2 Å².